The minimum Gasteiger partial charge on any atom is -0.405 e. The molecule has 84 valence electrons. The minimum atomic E-state index is -4.90. The first kappa shape index (κ1) is 12.4. The van der Waals surface area contributed by atoms with Crippen molar-refractivity contribution in [3.63, 3.8) is 0 Å². The van der Waals surface area contributed by atoms with Crippen molar-refractivity contribution in [2.75, 3.05) is 0 Å². The Morgan fingerprint density at radius 2 is 1.93 bits per heavy atom. The van der Waals surface area contributed by atoms with Crippen LogP contribution in [-0.4, -0.2) is 11.3 Å². The van der Waals surface area contributed by atoms with Gasteiger partial charge in [0.15, 0.2) is 0 Å². The summed E-state index contributed by atoms with van der Waals surface area (Å²) in [6.45, 7) is 0. The number of aromatic nitrogens is 1. The highest BCUT2D eigenvalue weighted by atomic mass is 127. The molecule has 1 aromatic rings. The number of nitrogens with zero attached hydrogens (tertiary/aromatic N) is 1. The second-order valence-corrected chi connectivity index (χ2v) is 3.44. The first-order valence-corrected chi connectivity index (χ1v) is 4.57. The number of rotatable bonds is 2. The summed E-state index contributed by atoms with van der Waals surface area (Å²) in [6, 6.07) is 0.876. The van der Waals surface area contributed by atoms with E-state index in [2.05, 4.69) is 9.72 Å². The van der Waals surface area contributed by atoms with Crippen molar-refractivity contribution in [2.24, 2.45) is 0 Å². The van der Waals surface area contributed by atoms with Crippen LogP contribution in [0.15, 0.2) is 12.3 Å². The fraction of sp³-hybridized carbons (Fsp3) is 0.286. The SMILES string of the molecule is FC(F)c1nccc(OC(F)(F)F)c1I. The Hall–Kier alpha value is -0.670. The number of hydrogen-bond donors (Lipinski definition) is 0. The highest BCUT2D eigenvalue weighted by Crippen LogP contribution is 2.32. The molecule has 0 N–H and O–H groups in total. The molecule has 0 aliphatic carbocycles. The molecule has 0 fully saturated rings. The molecule has 8 heteroatoms. The summed E-state index contributed by atoms with van der Waals surface area (Å²) in [5, 5.41) is 0. The van der Waals surface area contributed by atoms with Gasteiger partial charge in [0.25, 0.3) is 6.43 Å². The Labute approximate surface area is 94.6 Å². The van der Waals surface area contributed by atoms with Crippen LogP contribution in [-0.2, 0) is 0 Å². The predicted octanol–water partition coefficient (Wildman–Crippen LogP) is 3.52. The monoisotopic (exact) mass is 339 g/mol. The molecule has 0 aromatic carbocycles. The van der Waals surface area contributed by atoms with Gasteiger partial charge in [-0.25, -0.2) is 8.78 Å². The Bertz CT molecular complexity index is 354. The molecule has 0 amide bonds. The van der Waals surface area contributed by atoms with Gasteiger partial charge < -0.3 is 4.74 Å². The van der Waals surface area contributed by atoms with E-state index in [1.54, 1.807) is 0 Å². The third kappa shape index (κ3) is 3.43. The molecule has 0 unspecified atom stereocenters. The van der Waals surface area contributed by atoms with Gasteiger partial charge in [-0.05, 0) is 28.7 Å². The Kier molecular flexibility index (Phi) is 3.68. The van der Waals surface area contributed by atoms with E-state index in [0.717, 1.165) is 12.3 Å². The van der Waals surface area contributed by atoms with Gasteiger partial charge in [-0.2, -0.15) is 0 Å². The lowest BCUT2D eigenvalue weighted by Crippen LogP contribution is -2.18. The first-order valence-electron chi connectivity index (χ1n) is 3.49. The molecule has 1 heterocycles. The van der Waals surface area contributed by atoms with Crippen molar-refractivity contribution >= 4 is 22.6 Å². The quantitative estimate of drug-likeness (QED) is 0.608. The number of pyridine rings is 1. The number of hydrogen-bond acceptors (Lipinski definition) is 2. The third-order valence-electron chi connectivity index (χ3n) is 1.31. The minimum absolute atomic E-state index is 0.345. The highest BCUT2D eigenvalue weighted by molar-refractivity contribution is 14.1. The predicted molar refractivity (Wildman–Crippen MR) is 48.6 cm³/mol. The zero-order valence-electron chi connectivity index (χ0n) is 6.86. The average molecular weight is 339 g/mol. The summed E-state index contributed by atoms with van der Waals surface area (Å²) in [5.41, 5.74) is -0.725. The van der Waals surface area contributed by atoms with E-state index in [1.807, 2.05) is 0 Å². The third-order valence-corrected chi connectivity index (χ3v) is 2.40. The maximum atomic E-state index is 12.2. The largest absolute Gasteiger partial charge is 0.573 e. The molecule has 1 aromatic heterocycles. The van der Waals surface area contributed by atoms with Gasteiger partial charge in [-0.15, -0.1) is 13.2 Å². The molecule has 0 bridgehead atoms. The van der Waals surface area contributed by atoms with Crippen molar-refractivity contribution in [1.29, 1.82) is 0 Å². The van der Waals surface area contributed by atoms with Gasteiger partial charge in [0.2, 0.25) is 0 Å². The molecule has 0 atom stereocenters. The summed E-state index contributed by atoms with van der Waals surface area (Å²) in [6.07, 6.45) is -7.00. The maximum absolute atomic E-state index is 12.2. The van der Waals surface area contributed by atoms with Gasteiger partial charge >= 0.3 is 6.36 Å². The van der Waals surface area contributed by atoms with Crippen LogP contribution in [0.4, 0.5) is 22.0 Å². The Morgan fingerprint density at radius 3 is 2.40 bits per heavy atom. The Morgan fingerprint density at radius 1 is 1.33 bits per heavy atom. The number of halogens is 6. The summed E-state index contributed by atoms with van der Waals surface area (Å²) >= 11 is 1.33. The van der Waals surface area contributed by atoms with Crippen molar-refractivity contribution < 1.29 is 26.7 Å². The lowest BCUT2D eigenvalue weighted by Gasteiger charge is -2.11. The van der Waals surface area contributed by atoms with Crippen LogP contribution in [0, 0.1) is 3.57 Å². The molecule has 0 radical (unpaired) electrons. The van der Waals surface area contributed by atoms with Crippen LogP contribution in [0.1, 0.15) is 12.1 Å². The van der Waals surface area contributed by atoms with E-state index in [1.165, 1.54) is 22.6 Å². The zero-order valence-corrected chi connectivity index (χ0v) is 9.01. The van der Waals surface area contributed by atoms with Gasteiger partial charge in [0.1, 0.15) is 11.4 Å². The fourth-order valence-electron chi connectivity index (χ4n) is 0.797. The van der Waals surface area contributed by atoms with Crippen LogP contribution >= 0.6 is 22.6 Å². The van der Waals surface area contributed by atoms with Crippen molar-refractivity contribution in [3.8, 4) is 5.75 Å². The van der Waals surface area contributed by atoms with Crippen LogP contribution in [0.5, 0.6) is 5.75 Å². The second kappa shape index (κ2) is 4.45. The molecule has 2 nitrogen and oxygen atoms in total. The van der Waals surface area contributed by atoms with E-state index >= 15 is 0 Å². The van der Waals surface area contributed by atoms with E-state index in [-0.39, 0.29) is 3.57 Å². The van der Waals surface area contributed by atoms with Crippen molar-refractivity contribution in [2.45, 2.75) is 12.8 Å². The van der Waals surface area contributed by atoms with E-state index < -0.39 is 24.2 Å². The molecular formula is C7H3F5INO. The van der Waals surface area contributed by atoms with Gasteiger partial charge in [-0.3, -0.25) is 4.98 Å². The molecular weight excluding hydrogens is 336 g/mol. The molecule has 0 saturated carbocycles. The number of alkyl halides is 5. The van der Waals surface area contributed by atoms with Gasteiger partial charge in [0, 0.05) is 6.20 Å². The van der Waals surface area contributed by atoms with Gasteiger partial charge in [-0.1, -0.05) is 0 Å². The number of ether oxygens (including phenoxy) is 1. The molecule has 0 spiro atoms. The van der Waals surface area contributed by atoms with E-state index in [9.17, 15) is 22.0 Å². The molecule has 15 heavy (non-hydrogen) atoms. The van der Waals surface area contributed by atoms with E-state index in [0.29, 0.717) is 0 Å². The standard InChI is InChI=1S/C7H3F5INO/c8-6(9)5-4(13)3(1-2-14-5)15-7(10,11)12/h1-2,6H. The van der Waals surface area contributed by atoms with E-state index in [4.69, 9.17) is 0 Å². The molecule has 0 aliphatic rings. The molecule has 0 saturated heterocycles. The summed E-state index contributed by atoms with van der Waals surface area (Å²) in [4.78, 5) is 3.26. The van der Waals surface area contributed by atoms with Gasteiger partial charge in [0.05, 0.1) is 3.57 Å². The normalized spacial score (nSPS) is 11.9. The van der Waals surface area contributed by atoms with Crippen molar-refractivity contribution in [3.05, 3.63) is 21.5 Å². The van der Waals surface area contributed by atoms with Crippen LogP contribution in [0.25, 0.3) is 0 Å². The lowest BCUT2D eigenvalue weighted by molar-refractivity contribution is -0.275. The smallest absolute Gasteiger partial charge is 0.405 e. The van der Waals surface area contributed by atoms with Crippen LogP contribution < -0.4 is 4.74 Å². The van der Waals surface area contributed by atoms with Crippen molar-refractivity contribution in [1.82, 2.24) is 4.98 Å². The average Bonchev–Trinajstić information content (AvgIpc) is 2.05. The first-order chi connectivity index (χ1) is 6.81. The van der Waals surface area contributed by atoms with Crippen LogP contribution in [0.3, 0.4) is 0 Å². The maximum Gasteiger partial charge on any atom is 0.573 e. The molecule has 1 rings (SSSR count). The molecule has 0 aliphatic heterocycles. The lowest BCUT2D eigenvalue weighted by atomic mass is 10.3. The Balaban J connectivity index is 3.05. The highest BCUT2D eigenvalue weighted by Gasteiger charge is 2.33. The zero-order chi connectivity index (χ0) is 11.6. The summed E-state index contributed by atoms with van der Waals surface area (Å²) in [7, 11) is 0. The summed E-state index contributed by atoms with van der Waals surface area (Å²) < 4.78 is 63.1. The van der Waals surface area contributed by atoms with Crippen LogP contribution in [0.2, 0.25) is 0 Å². The topological polar surface area (TPSA) is 22.1 Å². The second-order valence-electron chi connectivity index (χ2n) is 2.36. The summed E-state index contributed by atoms with van der Waals surface area (Å²) in [5.74, 6) is -0.673. The fourth-order valence-corrected chi connectivity index (χ4v) is 1.46.